The topological polar surface area (TPSA) is 81.7 Å². The van der Waals surface area contributed by atoms with E-state index in [1.807, 2.05) is 12.1 Å². The Labute approximate surface area is 182 Å². The van der Waals surface area contributed by atoms with Gasteiger partial charge in [-0.1, -0.05) is 11.6 Å². The number of nitrogens with one attached hydrogen (secondary N) is 2. The summed E-state index contributed by atoms with van der Waals surface area (Å²) in [6.07, 6.45) is 7.74. The molecule has 4 aliphatic carbocycles. The summed E-state index contributed by atoms with van der Waals surface area (Å²) in [7, 11) is 0. The summed E-state index contributed by atoms with van der Waals surface area (Å²) in [5.41, 5.74) is 1.71. The molecule has 1 unspecified atom stereocenters. The zero-order valence-electron chi connectivity index (χ0n) is 17.2. The van der Waals surface area contributed by atoms with Crippen molar-refractivity contribution in [1.82, 2.24) is 10.6 Å². The molecule has 0 radical (unpaired) electrons. The van der Waals surface area contributed by atoms with Gasteiger partial charge in [-0.25, -0.2) is 4.79 Å². The number of hydrogen-bond donors (Lipinski definition) is 3. The Kier molecular flexibility index (Phi) is 5.08. The highest BCUT2D eigenvalue weighted by molar-refractivity contribution is 6.34. The molecule has 0 aromatic heterocycles. The van der Waals surface area contributed by atoms with Crippen LogP contribution in [-0.4, -0.2) is 42.8 Å². The number of halogens is 1. The van der Waals surface area contributed by atoms with Crippen molar-refractivity contribution >= 4 is 29.3 Å². The lowest BCUT2D eigenvalue weighted by Gasteiger charge is -2.56. The van der Waals surface area contributed by atoms with E-state index in [1.54, 1.807) is 6.07 Å². The van der Waals surface area contributed by atoms with Crippen molar-refractivity contribution in [2.24, 2.45) is 23.2 Å². The number of anilines is 1. The van der Waals surface area contributed by atoms with Gasteiger partial charge in [0.1, 0.15) is 0 Å². The number of rotatable bonds is 5. The molecule has 5 fully saturated rings. The SMILES string of the molecule is O=C(O)NC1CCN(c2ccc(Cl)c(C(=O)NCC34CC5CC(CC(C5)C3)C4)c2)C1. The summed E-state index contributed by atoms with van der Waals surface area (Å²) in [5, 5.41) is 15.2. The first-order valence-electron chi connectivity index (χ1n) is 11.2. The van der Waals surface area contributed by atoms with Gasteiger partial charge in [0.2, 0.25) is 0 Å². The predicted octanol–water partition coefficient (Wildman–Crippen LogP) is 4.13. The zero-order valence-corrected chi connectivity index (χ0v) is 18.0. The van der Waals surface area contributed by atoms with Gasteiger partial charge in [0, 0.05) is 25.3 Å². The number of hydrogen-bond acceptors (Lipinski definition) is 3. The standard InChI is InChI=1S/C23H30ClN3O3/c24-20-2-1-18(27-4-3-17(12-27)26-22(29)30)8-19(20)21(28)25-13-23-9-14-5-15(10-23)7-16(6-14)11-23/h1-2,8,14-17,26H,3-7,9-13H2,(H,25,28)(H,29,30). The third-order valence-corrected chi connectivity index (χ3v) is 8.19. The Hall–Kier alpha value is -1.95. The lowest BCUT2D eigenvalue weighted by molar-refractivity contribution is -0.0503. The van der Waals surface area contributed by atoms with Crippen molar-refractivity contribution in [1.29, 1.82) is 0 Å². The lowest BCUT2D eigenvalue weighted by Crippen LogP contribution is -2.51. The second kappa shape index (κ2) is 7.63. The molecule has 1 saturated heterocycles. The maximum Gasteiger partial charge on any atom is 0.404 e. The van der Waals surface area contributed by atoms with Gasteiger partial charge in [-0.3, -0.25) is 4.79 Å². The quantitative estimate of drug-likeness (QED) is 0.654. The van der Waals surface area contributed by atoms with Crippen molar-refractivity contribution in [3.05, 3.63) is 28.8 Å². The van der Waals surface area contributed by atoms with Crippen molar-refractivity contribution in [2.75, 3.05) is 24.5 Å². The van der Waals surface area contributed by atoms with Gasteiger partial charge in [-0.15, -0.1) is 0 Å². The second-order valence-electron chi connectivity index (χ2n) is 10.1. The fourth-order valence-electron chi connectivity index (χ4n) is 7.04. The third kappa shape index (κ3) is 3.86. The normalized spacial score (nSPS) is 34.2. The number of nitrogens with zero attached hydrogens (tertiary/aromatic N) is 1. The number of amides is 2. The maximum absolute atomic E-state index is 13.0. The Morgan fingerprint density at radius 2 is 1.80 bits per heavy atom. The summed E-state index contributed by atoms with van der Waals surface area (Å²) in [6, 6.07) is 5.43. The molecule has 30 heavy (non-hydrogen) atoms. The van der Waals surface area contributed by atoms with E-state index >= 15 is 0 Å². The molecule has 0 spiro atoms. The van der Waals surface area contributed by atoms with Crippen LogP contribution in [0.4, 0.5) is 10.5 Å². The minimum absolute atomic E-state index is 0.0912. The van der Waals surface area contributed by atoms with E-state index in [0.29, 0.717) is 22.5 Å². The summed E-state index contributed by atoms with van der Waals surface area (Å²) < 4.78 is 0. The first-order chi connectivity index (χ1) is 14.4. The highest BCUT2D eigenvalue weighted by Gasteiger charge is 2.50. The first-order valence-corrected chi connectivity index (χ1v) is 11.6. The van der Waals surface area contributed by atoms with E-state index in [1.165, 1.54) is 38.5 Å². The molecule has 1 aromatic rings. The molecule has 5 aliphatic rings. The second-order valence-corrected chi connectivity index (χ2v) is 10.6. The van der Waals surface area contributed by atoms with E-state index < -0.39 is 6.09 Å². The highest BCUT2D eigenvalue weighted by atomic mass is 35.5. The van der Waals surface area contributed by atoms with Crippen LogP contribution in [0.3, 0.4) is 0 Å². The Morgan fingerprint density at radius 3 is 2.43 bits per heavy atom. The van der Waals surface area contributed by atoms with Gasteiger partial charge < -0.3 is 20.6 Å². The van der Waals surface area contributed by atoms with Crippen LogP contribution in [0.5, 0.6) is 0 Å². The summed E-state index contributed by atoms with van der Waals surface area (Å²) in [6.45, 7) is 2.10. The predicted molar refractivity (Wildman–Crippen MR) is 116 cm³/mol. The first kappa shape index (κ1) is 20.0. The average molecular weight is 432 g/mol. The molecule has 4 saturated carbocycles. The Morgan fingerprint density at radius 1 is 1.13 bits per heavy atom. The molecule has 2 amide bonds. The van der Waals surface area contributed by atoms with Gasteiger partial charge >= 0.3 is 6.09 Å². The highest BCUT2D eigenvalue weighted by Crippen LogP contribution is 2.59. The van der Waals surface area contributed by atoms with Crippen molar-refractivity contribution in [3.63, 3.8) is 0 Å². The van der Waals surface area contributed by atoms with Gasteiger partial charge in [0.25, 0.3) is 5.91 Å². The van der Waals surface area contributed by atoms with Gasteiger partial charge in [0.15, 0.2) is 0 Å². The number of carboxylic acid groups (broad SMARTS) is 1. The molecule has 1 heterocycles. The van der Waals surface area contributed by atoms with Gasteiger partial charge in [0.05, 0.1) is 16.6 Å². The van der Waals surface area contributed by atoms with Crippen LogP contribution < -0.4 is 15.5 Å². The molecule has 3 N–H and O–H groups in total. The van der Waals surface area contributed by atoms with Crippen molar-refractivity contribution in [3.8, 4) is 0 Å². The van der Waals surface area contributed by atoms with Crippen LogP contribution in [0.1, 0.15) is 55.3 Å². The molecular weight excluding hydrogens is 402 g/mol. The molecule has 1 atom stereocenters. The third-order valence-electron chi connectivity index (χ3n) is 7.86. The minimum Gasteiger partial charge on any atom is -0.465 e. The molecule has 6 nitrogen and oxygen atoms in total. The summed E-state index contributed by atoms with van der Waals surface area (Å²) in [5.74, 6) is 2.49. The summed E-state index contributed by atoms with van der Waals surface area (Å²) >= 11 is 6.38. The number of carbonyl (C=O) groups excluding carboxylic acids is 1. The van der Waals surface area contributed by atoms with Crippen molar-refractivity contribution in [2.45, 2.75) is 51.0 Å². The van der Waals surface area contributed by atoms with Crippen LogP contribution in [0.25, 0.3) is 0 Å². The van der Waals surface area contributed by atoms with E-state index in [2.05, 4.69) is 15.5 Å². The number of benzene rings is 1. The van der Waals surface area contributed by atoms with Gasteiger partial charge in [-0.05, 0) is 86.3 Å². The maximum atomic E-state index is 13.0. The number of carbonyl (C=O) groups is 2. The average Bonchev–Trinajstić information content (AvgIpc) is 3.13. The Bertz CT molecular complexity index is 823. The molecule has 7 heteroatoms. The van der Waals surface area contributed by atoms with E-state index in [9.17, 15) is 9.59 Å². The van der Waals surface area contributed by atoms with E-state index in [-0.39, 0.29) is 11.9 Å². The smallest absolute Gasteiger partial charge is 0.404 e. The van der Waals surface area contributed by atoms with Crippen LogP contribution in [0.15, 0.2) is 18.2 Å². The lowest BCUT2D eigenvalue weighted by atomic mass is 9.49. The fourth-order valence-corrected chi connectivity index (χ4v) is 7.24. The summed E-state index contributed by atoms with van der Waals surface area (Å²) in [4.78, 5) is 26.0. The largest absolute Gasteiger partial charge is 0.465 e. The molecular formula is C23H30ClN3O3. The van der Waals surface area contributed by atoms with E-state index in [0.717, 1.165) is 43.0 Å². The zero-order chi connectivity index (χ0) is 20.9. The monoisotopic (exact) mass is 431 g/mol. The fraction of sp³-hybridized carbons (Fsp3) is 0.652. The van der Waals surface area contributed by atoms with Crippen molar-refractivity contribution < 1.29 is 14.7 Å². The van der Waals surface area contributed by atoms with Crippen LogP contribution >= 0.6 is 11.6 Å². The van der Waals surface area contributed by atoms with E-state index in [4.69, 9.17) is 16.7 Å². The van der Waals surface area contributed by atoms with Crippen LogP contribution in [0, 0.1) is 23.2 Å². The molecule has 6 rings (SSSR count). The Balaban J connectivity index is 1.25. The van der Waals surface area contributed by atoms with Gasteiger partial charge in [-0.2, -0.15) is 0 Å². The molecule has 162 valence electrons. The molecule has 1 aromatic carbocycles. The minimum atomic E-state index is -0.998. The molecule has 4 bridgehead atoms. The van der Waals surface area contributed by atoms with Crippen LogP contribution in [-0.2, 0) is 0 Å². The van der Waals surface area contributed by atoms with Crippen LogP contribution in [0.2, 0.25) is 5.02 Å². The molecule has 1 aliphatic heterocycles.